The van der Waals surface area contributed by atoms with Gasteiger partial charge in [0.25, 0.3) is 0 Å². The smallest absolute Gasteiger partial charge is 0.203 e. The molecule has 1 heterocycles. The average Bonchev–Trinajstić information content (AvgIpc) is 2.87. The first-order valence-electron chi connectivity index (χ1n) is 8.11. The van der Waals surface area contributed by atoms with Crippen molar-refractivity contribution in [3.63, 3.8) is 0 Å². The largest absolute Gasteiger partial charge is 0.380 e. The summed E-state index contributed by atoms with van der Waals surface area (Å²) in [6.45, 7) is 6.96. The molecule has 2 rings (SSSR count). The van der Waals surface area contributed by atoms with Crippen LogP contribution in [-0.2, 0) is 11.3 Å². The van der Waals surface area contributed by atoms with Crippen molar-refractivity contribution in [1.29, 1.82) is 0 Å². The molecule has 0 bridgehead atoms. The number of ether oxygens (including phenoxy) is 1. The standard InChI is InChI=1S/C16H29N3O/c1-14(2)8-12-20-13-11-19-10-9-17-16(19)18-15-6-4-3-5-7-15/h9-10,14-15H,3-8,11-13H2,1-2H3,(H,17,18). The van der Waals surface area contributed by atoms with Crippen LogP contribution >= 0.6 is 0 Å². The zero-order valence-corrected chi connectivity index (χ0v) is 13.0. The summed E-state index contributed by atoms with van der Waals surface area (Å²) in [4.78, 5) is 4.43. The van der Waals surface area contributed by atoms with Crippen LogP contribution in [0.5, 0.6) is 0 Å². The van der Waals surface area contributed by atoms with E-state index in [4.69, 9.17) is 4.74 Å². The normalized spacial score (nSPS) is 16.8. The molecule has 1 aliphatic rings. The summed E-state index contributed by atoms with van der Waals surface area (Å²) in [6, 6.07) is 0.603. The van der Waals surface area contributed by atoms with Crippen LogP contribution < -0.4 is 5.32 Å². The Morgan fingerprint density at radius 2 is 2.10 bits per heavy atom. The number of nitrogens with one attached hydrogen (secondary N) is 1. The number of anilines is 1. The second-order valence-electron chi connectivity index (χ2n) is 6.22. The van der Waals surface area contributed by atoms with Crippen molar-refractivity contribution in [2.45, 2.75) is 65.0 Å². The van der Waals surface area contributed by atoms with Crippen molar-refractivity contribution >= 4 is 5.95 Å². The summed E-state index contributed by atoms with van der Waals surface area (Å²) in [7, 11) is 0. The lowest BCUT2D eigenvalue weighted by Crippen LogP contribution is -2.24. The predicted octanol–water partition coefficient (Wildman–Crippen LogP) is 3.69. The van der Waals surface area contributed by atoms with E-state index in [1.165, 1.54) is 32.1 Å². The fourth-order valence-electron chi connectivity index (χ4n) is 2.64. The molecule has 20 heavy (non-hydrogen) atoms. The summed E-state index contributed by atoms with van der Waals surface area (Å²) in [6.07, 6.45) is 11.7. The fourth-order valence-corrected chi connectivity index (χ4v) is 2.64. The van der Waals surface area contributed by atoms with Gasteiger partial charge in [0.1, 0.15) is 0 Å². The summed E-state index contributed by atoms with van der Waals surface area (Å²) >= 11 is 0. The van der Waals surface area contributed by atoms with Crippen LogP contribution in [0.4, 0.5) is 5.95 Å². The monoisotopic (exact) mass is 279 g/mol. The van der Waals surface area contributed by atoms with E-state index in [0.29, 0.717) is 12.0 Å². The van der Waals surface area contributed by atoms with E-state index in [1.807, 2.05) is 12.4 Å². The zero-order chi connectivity index (χ0) is 14.2. The number of hydrogen-bond acceptors (Lipinski definition) is 3. The first kappa shape index (κ1) is 15.4. The number of rotatable bonds is 8. The molecule has 0 aromatic carbocycles. The lowest BCUT2D eigenvalue weighted by atomic mass is 9.96. The highest BCUT2D eigenvalue weighted by atomic mass is 16.5. The first-order valence-corrected chi connectivity index (χ1v) is 8.11. The molecule has 0 radical (unpaired) electrons. The summed E-state index contributed by atoms with van der Waals surface area (Å²) in [5.41, 5.74) is 0. The van der Waals surface area contributed by atoms with Crippen LogP contribution in [-0.4, -0.2) is 28.8 Å². The van der Waals surface area contributed by atoms with Gasteiger partial charge in [-0.1, -0.05) is 33.1 Å². The first-order chi connectivity index (χ1) is 9.75. The maximum absolute atomic E-state index is 5.69. The van der Waals surface area contributed by atoms with Gasteiger partial charge in [-0.25, -0.2) is 4.98 Å². The van der Waals surface area contributed by atoms with Gasteiger partial charge in [-0.15, -0.1) is 0 Å². The lowest BCUT2D eigenvalue weighted by molar-refractivity contribution is 0.116. The Morgan fingerprint density at radius 1 is 1.30 bits per heavy atom. The number of imidazole rings is 1. The third kappa shape index (κ3) is 5.16. The van der Waals surface area contributed by atoms with E-state index in [2.05, 4.69) is 28.7 Å². The van der Waals surface area contributed by atoms with Crippen LogP contribution in [0.25, 0.3) is 0 Å². The van der Waals surface area contributed by atoms with Crippen LogP contribution in [0.2, 0.25) is 0 Å². The average molecular weight is 279 g/mol. The molecule has 0 spiro atoms. The van der Waals surface area contributed by atoms with Crippen LogP contribution in [0.1, 0.15) is 52.4 Å². The van der Waals surface area contributed by atoms with Gasteiger partial charge < -0.3 is 14.6 Å². The minimum absolute atomic E-state index is 0.603. The Bertz CT molecular complexity index is 370. The molecule has 114 valence electrons. The maximum atomic E-state index is 5.69. The second kappa shape index (κ2) is 8.30. The topological polar surface area (TPSA) is 39.1 Å². The summed E-state index contributed by atoms with van der Waals surface area (Å²) in [5, 5.41) is 3.58. The molecule has 0 aliphatic heterocycles. The molecule has 0 unspecified atom stereocenters. The molecule has 1 saturated carbocycles. The Kier molecular flexibility index (Phi) is 6.37. The van der Waals surface area contributed by atoms with Gasteiger partial charge in [0.15, 0.2) is 0 Å². The molecule has 4 nitrogen and oxygen atoms in total. The van der Waals surface area contributed by atoms with E-state index in [0.717, 1.165) is 32.1 Å². The van der Waals surface area contributed by atoms with Crippen molar-refractivity contribution in [3.8, 4) is 0 Å². The SMILES string of the molecule is CC(C)CCOCCn1ccnc1NC1CCCCC1. The molecule has 1 aromatic heterocycles. The van der Waals surface area contributed by atoms with Gasteiger partial charge >= 0.3 is 0 Å². The van der Waals surface area contributed by atoms with E-state index in [-0.39, 0.29) is 0 Å². The minimum Gasteiger partial charge on any atom is -0.380 e. The maximum Gasteiger partial charge on any atom is 0.203 e. The van der Waals surface area contributed by atoms with Gasteiger partial charge in [-0.3, -0.25) is 0 Å². The van der Waals surface area contributed by atoms with Gasteiger partial charge in [0, 0.05) is 31.6 Å². The minimum atomic E-state index is 0.603. The number of nitrogens with zero attached hydrogens (tertiary/aromatic N) is 2. The highest BCUT2D eigenvalue weighted by Gasteiger charge is 2.14. The molecule has 4 heteroatoms. The second-order valence-corrected chi connectivity index (χ2v) is 6.22. The van der Waals surface area contributed by atoms with E-state index in [9.17, 15) is 0 Å². The molecular weight excluding hydrogens is 250 g/mol. The third-order valence-electron chi connectivity index (χ3n) is 3.97. The molecular formula is C16H29N3O. The summed E-state index contributed by atoms with van der Waals surface area (Å²) in [5.74, 6) is 1.72. The van der Waals surface area contributed by atoms with E-state index >= 15 is 0 Å². The van der Waals surface area contributed by atoms with E-state index < -0.39 is 0 Å². The molecule has 0 amide bonds. The number of hydrogen-bond donors (Lipinski definition) is 1. The van der Waals surface area contributed by atoms with Crippen molar-refractivity contribution in [2.24, 2.45) is 5.92 Å². The van der Waals surface area contributed by atoms with Gasteiger partial charge in [-0.05, 0) is 25.2 Å². The fraction of sp³-hybridized carbons (Fsp3) is 0.812. The molecule has 1 N–H and O–H groups in total. The lowest BCUT2D eigenvalue weighted by Gasteiger charge is -2.23. The highest BCUT2D eigenvalue weighted by Crippen LogP contribution is 2.20. The van der Waals surface area contributed by atoms with Crippen LogP contribution in [0, 0.1) is 5.92 Å². The summed E-state index contributed by atoms with van der Waals surface area (Å²) < 4.78 is 7.86. The van der Waals surface area contributed by atoms with Gasteiger partial charge in [0.05, 0.1) is 6.61 Å². The van der Waals surface area contributed by atoms with E-state index in [1.54, 1.807) is 0 Å². The predicted molar refractivity (Wildman–Crippen MR) is 83.0 cm³/mol. The zero-order valence-electron chi connectivity index (χ0n) is 13.0. The van der Waals surface area contributed by atoms with Crippen LogP contribution in [0.3, 0.4) is 0 Å². The molecule has 1 aromatic rings. The Balaban J connectivity index is 1.70. The van der Waals surface area contributed by atoms with Crippen molar-refractivity contribution < 1.29 is 4.74 Å². The number of aromatic nitrogens is 2. The Morgan fingerprint density at radius 3 is 2.85 bits per heavy atom. The third-order valence-corrected chi connectivity index (χ3v) is 3.97. The highest BCUT2D eigenvalue weighted by molar-refractivity contribution is 5.27. The quantitative estimate of drug-likeness (QED) is 0.738. The van der Waals surface area contributed by atoms with Crippen molar-refractivity contribution in [1.82, 2.24) is 9.55 Å². The Hall–Kier alpha value is -1.03. The molecule has 0 atom stereocenters. The molecule has 1 fully saturated rings. The van der Waals surface area contributed by atoms with Crippen molar-refractivity contribution in [3.05, 3.63) is 12.4 Å². The molecule has 1 aliphatic carbocycles. The van der Waals surface area contributed by atoms with Gasteiger partial charge in [-0.2, -0.15) is 0 Å². The van der Waals surface area contributed by atoms with Crippen LogP contribution in [0.15, 0.2) is 12.4 Å². The molecule has 0 saturated heterocycles. The van der Waals surface area contributed by atoms with Gasteiger partial charge in [0.2, 0.25) is 5.95 Å². The Labute approximate surface area is 122 Å². The van der Waals surface area contributed by atoms with Crippen molar-refractivity contribution in [2.75, 3.05) is 18.5 Å².